The lowest BCUT2D eigenvalue weighted by molar-refractivity contribution is -0.384. The molecule has 8 heteroatoms. The predicted molar refractivity (Wildman–Crippen MR) is 101 cm³/mol. The molecule has 3 rings (SSSR count). The van der Waals surface area contributed by atoms with Crippen LogP contribution in [-0.4, -0.2) is 16.8 Å². The predicted octanol–water partition coefficient (Wildman–Crippen LogP) is 4.27. The van der Waals surface area contributed by atoms with Gasteiger partial charge in [-0.2, -0.15) is 0 Å². The van der Waals surface area contributed by atoms with Crippen molar-refractivity contribution in [2.75, 3.05) is 5.32 Å². The molecular formula is C19H14N2O5S. The number of esters is 1. The fourth-order valence-corrected chi connectivity index (χ4v) is 2.89. The highest BCUT2D eigenvalue weighted by Crippen LogP contribution is 2.17. The van der Waals surface area contributed by atoms with Crippen molar-refractivity contribution in [2.24, 2.45) is 0 Å². The standard InChI is InChI=1S/C19H14N2O5S/c22-18(17-5-2-10-27-17)20-15-4-1-3-14(11-15)19(23)26-12-13-6-8-16(9-7-13)21(24)25/h1-11H,12H2,(H,20,22). The van der Waals surface area contributed by atoms with Crippen molar-refractivity contribution in [3.63, 3.8) is 0 Å². The molecule has 0 radical (unpaired) electrons. The molecule has 0 spiro atoms. The quantitative estimate of drug-likeness (QED) is 0.390. The molecule has 1 aromatic heterocycles. The summed E-state index contributed by atoms with van der Waals surface area (Å²) in [5.41, 5.74) is 1.38. The van der Waals surface area contributed by atoms with Crippen LogP contribution in [0, 0.1) is 10.1 Å². The average molecular weight is 382 g/mol. The number of thiophene rings is 1. The fraction of sp³-hybridized carbons (Fsp3) is 0.0526. The number of anilines is 1. The zero-order valence-electron chi connectivity index (χ0n) is 14.0. The first-order valence-electron chi connectivity index (χ1n) is 7.88. The minimum atomic E-state index is -0.555. The number of nitro groups is 1. The molecular weight excluding hydrogens is 368 g/mol. The number of ether oxygens (including phenoxy) is 1. The molecule has 27 heavy (non-hydrogen) atoms. The van der Waals surface area contributed by atoms with Gasteiger partial charge < -0.3 is 10.1 Å². The number of nitro benzene ring substituents is 1. The molecule has 0 unspecified atom stereocenters. The van der Waals surface area contributed by atoms with Crippen LogP contribution in [-0.2, 0) is 11.3 Å². The van der Waals surface area contributed by atoms with E-state index >= 15 is 0 Å². The number of benzene rings is 2. The highest BCUT2D eigenvalue weighted by Gasteiger charge is 2.11. The van der Waals surface area contributed by atoms with Gasteiger partial charge in [-0.1, -0.05) is 12.1 Å². The largest absolute Gasteiger partial charge is 0.457 e. The van der Waals surface area contributed by atoms with Crippen LogP contribution in [0.4, 0.5) is 11.4 Å². The zero-order chi connectivity index (χ0) is 19.2. The van der Waals surface area contributed by atoms with Crippen LogP contribution in [0.2, 0.25) is 0 Å². The van der Waals surface area contributed by atoms with E-state index in [4.69, 9.17) is 4.74 Å². The van der Waals surface area contributed by atoms with E-state index in [0.29, 0.717) is 21.7 Å². The number of nitrogens with zero attached hydrogens (tertiary/aromatic N) is 1. The minimum Gasteiger partial charge on any atom is -0.457 e. The second-order valence-corrected chi connectivity index (χ2v) is 6.46. The van der Waals surface area contributed by atoms with Gasteiger partial charge in [-0.3, -0.25) is 14.9 Å². The highest BCUT2D eigenvalue weighted by molar-refractivity contribution is 7.12. The Morgan fingerprint density at radius 1 is 1.07 bits per heavy atom. The first kappa shape index (κ1) is 18.3. The van der Waals surface area contributed by atoms with Crippen molar-refractivity contribution in [3.8, 4) is 0 Å². The van der Waals surface area contributed by atoms with E-state index in [-0.39, 0.29) is 18.2 Å². The van der Waals surface area contributed by atoms with Gasteiger partial charge in [0.15, 0.2) is 0 Å². The molecule has 0 bridgehead atoms. The van der Waals surface area contributed by atoms with Crippen LogP contribution in [0.15, 0.2) is 66.0 Å². The summed E-state index contributed by atoms with van der Waals surface area (Å²) in [6.45, 7) is -0.0113. The van der Waals surface area contributed by atoms with Gasteiger partial charge in [-0.25, -0.2) is 4.79 Å². The van der Waals surface area contributed by atoms with Crippen molar-refractivity contribution in [1.82, 2.24) is 0 Å². The molecule has 1 heterocycles. The fourth-order valence-electron chi connectivity index (χ4n) is 2.27. The van der Waals surface area contributed by atoms with Crippen LogP contribution >= 0.6 is 11.3 Å². The SMILES string of the molecule is O=C(OCc1ccc([N+](=O)[O-])cc1)c1cccc(NC(=O)c2cccs2)c1. The van der Waals surface area contributed by atoms with E-state index in [0.717, 1.165) is 0 Å². The third-order valence-corrected chi connectivity index (χ3v) is 4.49. The van der Waals surface area contributed by atoms with Gasteiger partial charge in [0.2, 0.25) is 0 Å². The summed E-state index contributed by atoms with van der Waals surface area (Å²) in [6.07, 6.45) is 0. The van der Waals surface area contributed by atoms with Gasteiger partial charge in [-0.15, -0.1) is 11.3 Å². The molecule has 7 nitrogen and oxygen atoms in total. The molecule has 0 saturated heterocycles. The smallest absolute Gasteiger partial charge is 0.338 e. The number of non-ortho nitro benzene ring substituents is 1. The maximum atomic E-state index is 12.2. The number of hydrogen-bond acceptors (Lipinski definition) is 6. The molecule has 1 N–H and O–H groups in total. The lowest BCUT2D eigenvalue weighted by atomic mass is 10.2. The molecule has 3 aromatic rings. The summed E-state index contributed by atoms with van der Waals surface area (Å²) in [7, 11) is 0. The molecule has 2 aromatic carbocycles. The molecule has 0 aliphatic rings. The number of carbonyl (C=O) groups excluding carboxylic acids is 2. The van der Waals surface area contributed by atoms with E-state index in [2.05, 4.69) is 5.32 Å². The monoisotopic (exact) mass is 382 g/mol. The Morgan fingerprint density at radius 2 is 1.85 bits per heavy atom. The lowest BCUT2D eigenvalue weighted by Gasteiger charge is -2.08. The van der Waals surface area contributed by atoms with Crippen LogP contribution in [0.5, 0.6) is 0 Å². The van der Waals surface area contributed by atoms with Crippen molar-refractivity contribution >= 4 is 34.6 Å². The van der Waals surface area contributed by atoms with E-state index < -0.39 is 10.9 Å². The average Bonchev–Trinajstić information content (AvgIpc) is 3.21. The van der Waals surface area contributed by atoms with E-state index in [1.165, 1.54) is 41.7 Å². The Kier molecular flexibility index (Phi) is 5.58. The molecule has 0 aliphatic heterocycles. The van der Waals surface area contributed by atoms with Gasteiger partial charge >= 0.3 is 5.97 Å². The number of nitrogens with one attached hydrogen (secondary N) is 1. The number of amides is 1. The summed E-state index contributed by atoms with van der Waals surface area (Å²) in [5, 5.41) is 15.2. The Balaban J connectivity index is 1.61. The second-order valence-electron chi connectivity index (χ2n) is 5.51. The number of hydrogen-bond donors (Lipinski definition) is 1. The van der Waals surface area contributed by atoms with Crippen LogP contribution in [0.25, 0.3) is 0 Å². The van der Waals surface area contributed by atoms with Gasteiger partial charge in [0.25, 0.3) is 11.6 Å². The van der Waals surface area contributed by atoms with Gasteiger partial charge in [-0.05, 0) is 47.3 Å². The van der Waals surface area contributed by atoms with Crippen LogP contribution in [0.1, 0.15) is 25.6 Å². The maximum Gasteiger partial charge on any atom is 0.338 e. The molecule has 0 atom stereocenters. The van der Waals surface area contributed by atoms with Gasteiger partial charge in [0.1, 0.15) is 6.61 Å². The second kappa shape index (κ2) is 8.24. The normalized spacial score (nSPS) is 10.2. The topological polar surface area (TPSA) is 98.5 Å². The summed E-state index contributed by atoms with van der Waals surface area (Å²) >= 11 is 1.32. The summed E-state index contributed by atoms with van der Waals surface area (Å²) in [6, 6.07) is 15.7. The van der Waals surface area contributed by atoms with Crippen LogP contribution in [0.3, 0.4) is 0 Å². The zero-order valence-corrected chi connectivity index (χ0v) is 14.8. The first-order valence-corrected chi connectivity index (χ1v) is 8.76. The minimum absolute atomic E-state index is 0.0113. The van der Waals surface area contributed by atoms with Crippen molar-refractivity contribution < 1.29 is 19.2 Å². The lowest BCUT2D eigenvalue weighted by Crippen LogP contribution is -2.11. The van der Waals surface area contributed by atoms with Gasteiger partial charge in [0, 0.05) is 17.8 Å². The Bertz CT molecular complexity index is 968. The highest BCUT2D eigenvalue weighted by atomic mass is 32.1. The number of rotatable bonds is 6. The molecule has 0 saturated carbocycles. The van der Waals surface area contributed by atoms with E-state index in [1.54, 1.807) is 35.7 Å². The first-order chi connectivity index (χ1) is 13.0. The molecule has 0 aliphatic carbocycles. The van der Waals surface area contributed by atoms with E-state index in [9.17, 15) is 19.7 Å². The van der Waals surface area contributed by atoms with Crippen LogP contribution < -0.4 is 5.32 Å². The van der Waals surface area contributed by atoms with Gasteiger partial charge in [0.05, 0.1) is 15.4 Å². The summed E-state index contributed by atoms with van der Waals surface area (Å²) in [5.74, 6) is -0.804. The molecule has 136 valence electrons. The number of carbonyl (C=O) groups is 2. The molecule has 0 fully saturated rings. The summed E-state index contributed by atoms with van der Waals surface area (Å²) < 4.78 is 5.23. The van der Waals surface area contributed by atoms with Crippen molar-refractivity contribution in [1.29, 1.82) is 0 Å². The van der Waals surface area contributed by atoms with Crippen molar-refractivity contribution in [3.05, 3.63) is 92.2 Å². The van der Waals surface area contributed by atoms with E-state index in [1.807, 2.05) is 0 Å². The third kappa shape index (κ3) is 4.77. The maximum absolute atomic E-state index is 12.2. The summed E-state index contributed by atoms with van der Waals surface area (Å²) in [4.78, 5) is 35.0. The Hall–Kier alpha value is -3.52. The third-order valence-electron chi connectivity index (χ3n) is 3.62. The van der Waals surface area contributed by atoms with Crippen molar-refractivity contribution in [2.45, 2.75) is 6.61 Å². The molecule has 1 amide bonds. The Morgan fingerprint density at radius 3 is 2.52 bits per heavy atom. The Labute approximate surface area is 158 Å².